The van der Waals surface area contributed by atoms with Gasteiger partial charge in [-0.3, -0.25) is 0 Å². The molecular formula is C16H22N2O2. The van der Waals surface area contributed by atoms with Crippen LogP contribution in [0.25, 0.3) is 0 Å². The summed E-state index contributed by atoms with van der Waals surface area (Å²) in [5, 5.41) is 2.97. The highest BCUT2D eigenvalue weighted by Gasteiger charge is 2.55. The lowest BCUT2D eigenvalue weighted by atomic mass is 9.82. The number of carbonyl (C=O) groups excluding carboxylic acids is 1. The zero-order chi connectivity index (χ0) is 14.2. The minimum absolute atomic E-state index is 0.0321. The summed E-state index contributed by atoms with van der Waals surface area (Å²) in [7, 11) is 1.64. The fraction of sp³-hybridized carbons (Fsp3) is 0.562. The van der Waals surface area contributed by atoms with Gasteiger partial charge in [-0.05, 0) is 55.9 Å². The number of carbonyl (C=O) groups is 1. The SMILES string of the molecule is COc1ccc(NC(=O)N2CC23CCC(C)CC3)cc1. The molecule has 2 aliphatic rings. The molecule has 1 aromatic rings. The van der Waals surface area contributed by atoms with Crippen LogP contribution < -0.4 is 10.1 Å². The topological polar surface area (TPSA) is 41.3 Å². The van der Waals surface area contributed by atoms with Gasteiger partial charge in [-0.1, -0.05) is 6.92 Å². The van der Waals surface area contributed by atoms with Gasteiger partial charge in [-0.15, -0.1) is 0 Å². The summed E-state index contributed by atoms with van der Waals surface area (Å²) in [5.41, 5.74) is 0.991. The number of nitrogens with zero attached hydrogens (tertiary/aromatic N) is 1. The number of ether oxygens (including phenoxy) is 1. The number of hydrogen-bond donors (Lipinski definition) is 1. The van der Waals surface area contributed by atoms with Crippen molar-refractivity contribution in [1.29, 1.82) is 0 Å². The molecule has 3 rings (SSSR count). The first-order valence-electron chi connectivity index (χ1n) is 7.36. The molecule has 2 fully saturated rings. The summed E-state index contributed by atoms with van der Waals surface area (Å²) in [6.07, 6.45) is 4.80. The van der Waals surface area contributed by atoms with Crippen molar-refractivity contribution in [2.24, 2.45) is 5.92 Å². The number of rotatable bonds is 2. The van der Waals surface area contributed by atoms with Crippen molar-refractivity contribution in [1.82, 2.24) is 4.90 Å². The van der Waals surface area contributed by atoms with Crippen molar-refractivity contribution in [3.63, 3.8) is 0 Å². The van der Waals surface area contributed by atoms with Crippen LogP contribution in [0.3, 0.4) is 0 Å². The molecule has 20 heavy (non-hydrogen) atoms. The first-order chi connectivity index (χ1) is 9.63. The van der Waals surface area contributed by atoms with Gasteiger partial charge in [0.25, 0.3) is 0 Å². The van der Waals surface area contributed by atoms with E-state index in [1.165, 1.54) is 12.8 Å². The fourth-order valence-corrected chi connectivity index (χ4v) is 3.14. The lowest BCUT2D eigenvalue weighted by molar-refractivity contribution is 0.221. The van der Waals surface area contributed by atoms with Gasteiger partial charge in [0.2, 0.25) is 0 Å². The van der Waals surface area contributed by atoms with E-state index in [9.17, 15) is 4.79 Å². The van der Waals surface area contributed by atoms with E-state index in [0.717, 1.165) is 36.7 Å². The largest absolute Gasteiger partial charge is 0.497 e. The Kier molecular flexibility index (Phi) is 3.32. The van der Waals surface area contributed by atoms with Crippen molar-refractivity contribution in [2.75, 3.05) is 19.0 Å². The van der Waals surface area contributed by atoms with Gasteiger partial charge in [0.05, 0.1) is 12.6 Å². The van der Waals surface area contributed by atoms with Gasteiger partial charge < -0.3 is 15.0 Å². The zero-order valence-electron chi connectivity index (χ0n) is 12.2. The number of amides is 2. The Morgan fingerprint density at radius 3 is 2.55 bits per heavy atom. The van der Waals surface area contributed by atoms with Gasteiger partial charge in [0.1, 0.15) is 5.75 Å². The molecule has 0 bridgehead atoms. The molecule has 0 radical (unpaired) electrons. The maximum atomic E-state index is 12.3. The van der Waals surface area contributed by atoms with Crippen LogP contribution in [-0.2, 0) is 0 Å². The molecule has 4 heteroatoms. The predicted molar refractivity (Wildman–Crippen MR) is 79.1 cm³/mol. The maximum absolute atomic E-state index is 12.3. The standard InChI is InChI=1S/C16H22N2O2/c1-12-7-9-16(10-8-12)11-18(16)15(19)17-13-3-5-14(20-2)6-4-13/h3-6,12H,7-11H2,1-2H3,(H,17,19). The molecule has 1 aliphatic heterocycles. The summed E-state index contributed by atoms with van der Waals surface area (Å²) in [5.74, 6) is 1.61. The van der Waals surface area contributed by atoms with Crippen molar-refractivity contribution in [2.45, 2.75) is 38.1 Å². The second kappa shape index (κ2) is 5.00. The summed E-state index contributed by atoms with van der Waals surface area (Å²) in [6.45, 7) is 3.22. The third-order valence-corrected chi connectivity index (χ3v) is 4.71. The maximum Gasteiger partial charge on any atom is 0.322 e. The van der Waals surface area contributed by atoms with Crippen LogP contribution in [0.4, 0.5) is 10.5 Å². The third-order valence-electron chi connectivity index (χ3n) is 4.71. The molecule has 1 aliphatic carbocycles. The summed E-state index contributed by atoms with van der Waals surface area (Å²) < 4.78 is 5.11. The minimum Gasteiger partial charge on any atom is -0.497 e. The highest BCUT2D eigenvalue weighted by Crippen LogP contribution is 2.46. The summed E-state index contributed by atoms with van der Waals surface area (Å²) in [6, 6.07) is 7.49. The number of hydrogen-bond acceptors (Lipinski definition) is 2. The lowest BCUT2D eigenvalue weighted by Gasteiger charge is -2.26. The Balaban J connectivity index is 1.58. The van der Waals surface area contributed by atoms with Crippen LogP contribution >= 0.6 is 0 Å². The van der Waals surface area contributed by atoms with Crippen LogP contribution in [0.15, 0.2) is 24.3 Å². The molecule has 1 heterocycles. The Morgan fingerprint density at radius 2 is 1.95 bits per heavy atom. The van der Waals surface area contributed by atoms with E-state index in [1.54, 1.807) is 7.11 Å². The van der Waals surface area contributed by atoms with Gasteiger partial charge in [-0.2, -0.15) is 0 Å². The Labute approximate surface area is 120 Å². The van der Waals surface area contributed by atoms with Gasteiger partial charge in [0.15, 0.2) is 0 Å². The number of benzene rings is 1. The third kappa shape index (κ3) is 2.47. The molecule has 1 saturated carbocycles. The number of nitrogens with one attached hydrogen (secondary N) is 1. The molecule has 1 saturated heterocycles. The monoisotopic (exact) mass is 274 g/mol. The first-order valence-corrected chi connectivity index (χ1v) is 7.36. The van der Waals surface area contributed by atoms with E-state index >= 15 is 0 Å². The van der Waals surface area contributed by atoms with Crippen molar-refractivity contribution >= 4 is 11.7 Å². The van der Waals surface area contributed by atoms with Crippen molar-refractivity contribution in [3.8, 4) is 5.75 Å². The van der Waals surface area contributed by atoms with E-state index in [0.29, 0.717) is 0 Å². The second-order valence-corrected chi connectivity index (χ2v) is 6.15. The zero-order valence-corrected chi connectivity index (χ0v) is 12.2. The normalized spacial score (nSPS) is 28.3. The Hall–Kier alpha value is -1.71. The Morgan fingerprint density at radius 1 is 1.30 bits per heavy atom. The Bertz CT molecular complexity index is 490. The average molecular weight is 274 g/mol. The molecule has 1 N–H and O–H groups in total. The molecule has 2 amide bonds. The van der Waals surface area contributed by atoms with E-state index in [4.69, 9.17) is 4.74 Å². The highest BCUT2D eigenvalue weighted by atomic mass is 16.5. The molecule has 1 spiro atoms. The summed E-state index contributed by atoms with van der Waals surface area (Å²) in [4.78, 5) is 14.3. The van der Waals surface area contributed by atoms with Crippen molar-refractivity contribution in [3.05, 3.63) is 24.3 Å². The highest BCUT2D eigenvalue weighted by molar-refractivity contribution is 5.91. The van der Waals surface area contributed by atoms with Crippen LogP contribution in [0.5, 0.6) is 5.75 Å². The molecule has 0 aromatic heterocycles. The molecule has 108 valence electrons. The van der Waals surface area contributed by atoms with Crippen LogP contribution in [0.2, 0.25) is 0 Å². The number of anilines is 1. The first kappa shape index (κ1) is 13.3. The van der Waals surface area contributed by atoms with E-state index < -0.39 is 0 Å². The van der Waals surface area contributed by atoms with Gasteiger partial charge in [0, 0.05) is 12.2 Å². The lowest BCUT2D eigenvalue weighted by Crippen LogP contribution is -2.30. The van der Waals surface area contributed by atoms with Gasteiger partial charge >= 0.3 is 6.03 Å². The molecule has 0 unspecified atom stereocenters. The van der Waals surface area contributed by atoms with Gasteiger partial charge in [-0.25, -0.2) is 4.79 Å². The van der Waals surface area contributed by atoms with Crippen LogP contribution in [0.1, 0.15) is 32.6 Å². The minimum atomic E-state index is 0.0321. The van der Waals surface area contributed by atoms with E-state index in [-0.39, 0.29) is 11.6 Å². The molecule has 1 aromatic carbocycles. The average Bonchev–Trinajstić information content (AvgIpc) is 3.18. The fourth-order valence-electron chi connectivity index (χ4n) is 3.14. The molecule has 4 nitrogen and oxygen atoms in total. The second-order valence-electron chi connectivity index (χ2n) is 6.15. The van der Waals surface area contributed by atoms with E-state index in [1.807, 2.05) is 29.2 Å². The summed E-state index contributed by atoms with van der Waals surface area (Å²) >= 11 is 0. The van der Waals surface area contributed by atoms with E-state index in [2.05, 4.69) is 12.2 Å². The van der Waals surface area contributed by atoms with Crippen LogP contribution in [0, 0.1) is 5.92 Å². The predicted octanol–water partition coefficient (Wildman–Crippen LogP) is 3.49. The number of methoxy groups -OCH3 is 1. The van der Waals surface area contributed by atoms with Crippen molar-refractivity contribution < 1.29 is 9.53 Å². The molecular weight excluding hydrogens is 252 g/mol. The number of urea groups is 1. The van der Waals surface area contributed by atoms with Crippen LogP contribution in [-0.4, -0.2) is 30.1 Å². The molecule has 0 atom stereocenters. The smallest absolute Gasteiger partial charge is 0.322 e. The quantitative estimate of drug-likeness (QED) is 0.839.